The number of ether oxygens (including phenoxy) is 3. The minimum absolute atomic E-state index is 0.142. The standard InChI is InChI=1S/C20H23BrN2O4/c1-13(2)14-6-8-18(17(21)9-14)27-12-20(24)23-22-11-15-5-7-16(25-3)10-19(15)26-4/h5-11,13H,12H2,1-4H3,(H,23,24)/b22-11+. The van der Waals surface area contributed by atoms with Gasteiger partial charge in [0.15, 0.2) is 6.61 Å². The van der Waals surface area contributed by atoms with E-state index in [0.29, 0.717) is 28.7 Å². The van der Waals surface area contributed by atoms with Crippen molar-refractivity contribution in [2.75, 3.05) is 20.8 Å². The molecular weight excluding hydrogens is 412 g/mol. The Bertz CT molecular complexity index is 822. The number of hydrogen-bond donors (Lipinski definition) is 1. The maximum Gasteiger partial charge on any atom is 0.277 e. The summed E-state index contributed by atoms with van der Waals surface area (Å²) in [6.45, 7) is 4.09. The molecule has 0 aliphatic rings. The summed E-state index contributed by atoms with van der Waals surface area (Å²) in [7, 11) is 3.14. The molecule has 6 nitrogen and oxygen atoms in total. The van der Waals surface area contributed by atoms with Crippen LogP contribution in [0.3, 0.4) is 0 Å². The minimum atomic E-state index is -0.362. The molecule has 27 heavy (non-hydrogen) atoms. The molecule has 0 fully saturated rings. The van der Waals surface area contributed by atoms with Gasteiger partial charge in [0.1, 0.15) is 17.2 Å². The highest BCUT2D eigenvalue weighted by atomic mass is 79.9. The molecule has 0 saturated carbocycles. The van der Waals surface area contributed by atoms with Gasteiger partial charge < -0.3 is 14.2 Å². The van der Waals surface area contributed by atoms with E-state index in [9.17, 15) is 4.79 Å². The van der Waals surface area contributed by atoms with Crippen LogP contribution >= 0.6 is 15.9 Å². The smallest absolute Gasteiger partial charge is 0.277 e. The lowest BCUT2D eigenvalue weighted by molar-refractivity contribution is -0.123. The fourth-order valence-electron chi connectivity index (χ4n) is 2.27. The van der Waals surface area contributed by atoms with Crippen LogP contribution in [-0.2, 0) is 4.79 Å². The third kappa shape index (κ3) is 5.99. The number of nitrogens with one attached hydrogen (secondary N) is 1. The quantitative estimate of drug-likeness (QED) is 0.501. The van der Waals surface area contributed by atoms with Crippen LogP contribution in [0.4, 0.5) is 0 Å². The molecular formula is C20H23BrN2O4. The summed E-state index contributed by atoms with van der Waals surface area (Å²) in [5, 5.41) is 3.94. The first-order chi connectivity index (χ1) is 12.9. The lowest BCUT2D eigenvalue weighted by Gasteiger charge is -2.11. The van der Waals surface area contributed by atoms with Gasteiger partial charge in [-0.15, -0.1) is 0 Å². The predicted molar refractivity (Wildman–Crippen MR) is 109 cm³/mol. The molecule has 2 aromatic rings. The summed E-state index contributed by atoms with van der Waals surface area (Å²) in [4.78, 5) is 11.9. The Hall–Kier alpha value is -2.54. The monoisotopic (exact) mass is 434 g/mol. The van der Waals surface area contributed by atoms with Gasteiger partial charge in [0.2, 0.25) is 0 Å². The second-order valence-corrected chi connectivity index (χ2v) is 6.89. The van der Waals surface area contributed by atoms with E-state index in [2.05, 4.69) is 40.3 Å². The highest BCUT2D eigenvalue weighted by Gasteiger charge is 2.08. The lowest BCUT2D eigenvalue weighted by Crippen LogP contribution is -2.24. The Morgan fingerprint density at radius 2 is 1.93 bits per heavy atom. The molecule has 2 rings (SSSR count). The van der Waals surface area contributed by atoms with E-state index >= 15 is 0 Å². The van der Waals surface area contributed by atoms with Gasteiger partial charge in [-0.25, -0.2) is 5.43 Å². The van der Waals surface area contributed by atoms with E-state index in [0.717, 1.165) is 4.47 Å². The minimum Gasteiger partial charge on any atom is -0.497 e. The number of halogens is 1. The predicted octanol–water partition coefficient (Wildman–Crippen LogP) is 4.12. The van der Waals surface area contributed by atoms with Gasteiger partial charge >= 0.3 is 0 Å². The van der Waals surface area contributed by atoms with Crippen molar-refractivity contribution in [3.8, 4) is 17.2 Å². The number of hydrogen-bond acceptors (Lipinski definition) is 5. The highest BCUT2D eigenvalue weighted by molar-refractivity contribution is 9.10. The summed E-state index contributed by atoms with van der Waals surface area (Å²) in [5.74, 6) is 1.94. The van der Waals surface area contributed by atoms with Crippen LogP contribution in [0, 0.1) is 0 Å². The molecule has 0 aliphatic carbocycles. The number of nitrogens with zero attached hydrogens (tertiary/aromatic N) is 1. The molecule has 0 heterocycles. The molecule has 2 aromatic carbocycles. The molecule has 0 aromatic heterocycles. The SMILES string of the molecule is COc1ccc(/C=N/NC(=O)COc2ccc(C(C)C)cc2Br)c(OC)c1. The van der Waals surface area contributed by atoms with E-state index in [-0.39, 0.29) is 12.5 Å². The lowest BCUT2D eigenvalue weighted by atomic mass is 10.0. The normalized spacial score (nSPS) is 10.9. The maximum absolute atomic E-state index is 11.9. The fourth-order valence-corrected chi connectivity index (χ4v) is 2.78. The van der Waals surface area contributed by atoms with Crippen molar-refractivity contribution in [2.45, 2.75) is 19.8 Å². The molecule has 0 aliphatic heterocycles. The fraction of sp³-hybridized carbons (Fsp3) is 0.300. The van der Waals surface area contributed by atoms with Crippen LogP contribution in [0.5, 0.6) is 17.2 Å². The van der Waals surface area contributed by atoms with Gasteiger partial charge in [0, 0.05) is 11.6 Å². The van der Waals surface area contributed by atoms with Crippen LogP contribution in [0.2, 0.25) is 0 Å². The van der Waals surface area contributed by atoms with Crippen LogP contribution in [0.1, 0.15) is 30.9 Å². The Morgan fingerprint density at radius 3 is 2.56 bits per heavy atom. The molecule has 0 atom stereocenters. The number of carbonyl (C=O) groups is 1. The first-order valence-corrected chi connectivity index (χ1v) is 9.20. The van der Waals surface area contributed by atoms with E-state index in [1.165, 1.54) is 11.8 Å². The van der Waals surface area contributed by atoms with Crippen LogP contribution in [-0.4, -0.2) is 32.9 Å². The largest absolute Gasteiger partial charge is 0.497 e. The van der Waals surface area contributed by atoms with Crippen molar-refractivity contribution < 1.29 is 19.0 Å². The molecule has 7 heteroatoms. The summed E-state index contributed by atoms with van der Waals surface area (Å²) in [6, 6.07) is 11.1. The Balaban J connectivity index is 1.90. The second-order valence-electron chi connectivity index (χ2n) is 6.03. The summed E-state index contributed by atoms with van der Waals surface area (Å²) < 4.78 is 16.8. The van der Waals surface area contributed by atoms with Gasteiger partial charge in [-0.1, -0.05) is 19.9 Å². The number of hydrazone groups is 1. The zero-order valence-corrected chi connectivity index (χ0v) is 17.4. The first-order valence-electron chi connectivity index (χ1n) is 8.40. The van der Waals surface area contributed by atoms with Gasteiger partial charge in [0.05, 0.1) is 24.9 Å². The van der Waals surface area contributed by atoms with E-state index < -0.39 is 0 Å². The number of carbonyl (C=O) groups excluding carboxylic acids is 1. The molecule has 0 unspecified atom stereocenters. The summed E-state index contributed by atoms with van der Waals surface area (Å²) >= 11 is 3.47. The molecule has 144 valence electrons. The molecule has 1 amide bonds. The topological polar surface area (TPSA) is 69.2 Å². The van der Waals surface area contributed by atoms with Crippen LogP contribution in [0.25, 0.3) is 0 Å². The zero-order valence-electron chi connectivity index (χ0n) is 15.8. The van der Waals surface area contributed by atoms with Crippen LogP contribution in [0.15, 0.2) is 46.0 Å². The van der Waals surface area contributed by atoms with Gasteiger partial charge in [0.25, 0.3) is 5.91 Å². The maximum atomic E-state index is 11.9. The first kappa shape index (κ1) is 20.8. The van der Waals surface area contributed by atoms with E-state index in [1.54, 1.807) is 32.4 Å². The molecule has 0 spiro atoms. The summed E-state index contributed by atoms with van der Waals surface area (Å²) in [5.41, 5.74) is 4.34. The number of amides is 1. The van der Waals surface area contributed by atoms with Crippen LogP contribution < -0.4 is 19.6 Å². The number of benzene rings is 2. The van der Waals surface area contributed by atoms with Crippen molar-refractivity contribution >= 4 is 28.1 Å². The van der Waals surface area contributed by atoms with E-state index in [1.807, 2.05) is 18.2 Å². The average Bonchev–Trinajstić information content (AvgIpc) is 2.67. The van der Waals surface area contributed by atoms with Gasteiger partial charge in [-0.05, 0) is 51.7 Å². The van der Waals surface area contributed by atoms with Crippen molar-refractivity contribution in [2.24, 2.45) is 5.10 Å². The van der Waals surface area contributed by atoms with Crippen molar-refractivity contribution in [3.63, 3.8) is 0 Å². The third-order valence-electron chi connectivity index (χ3n) is 3.81. The zero-order chi connectivity index (χ0) is 19.8. The number of methoxy groups -OCH3 is 2. The Labute approximate surface area is 167 Å². The van der Waals surface area contributed by atoms with Gasteiger partial charge in [-0.2, -0.15) is 5.10 Å². The molecule has 0 saturated heterocycles. The van der Waals surface area contributed by atoms with Gasteiger partial charge in [-0.3, -0.25) is 4.79 Å². The Kier molecular flexibility index (Phi) is 7.67. The van der Waals surface area contributed by atoms with Crippen molar-refractivity contribution in [1.29, 1.82) is 0 Å². The molecule has 1 N–H and O–H groups in total. The van der Waals surface area contributed by atoms with E-state index in [4.69, 9.17) is 14.2 Å². The average molecular weight is 435 g/mol. The molecule has 0 radical (unpaired) electrons. The Morgan fingerprint density at radius 1 is 1.15 bits per heavy atom. The number of rotatable bonds is 8. The molecule has 0 bridgehead atoms. The highest BCUT2D eigenvalue weighted by Crippen LogP contribution is 2.28. The second kappa shape index (κ2) is 9.97. The van der Waals surface area contributed by atoms with Crippen molar-refractivity contribution in [3.05, 3.63) is 52.0 Å². The van der Waals surface area contributed by atoms with Crippen molar-refractivity contribution in [1.82, 2.24) is 5.43 Å². The summed E-state index contributed by atoms with van der Waals surface area (Å²) in [6.07, 6.45) is 1.50. The third-order valence-corrected chi connectivity index (χ3v) is 4.43.